The lowest BCUT2D eigenvalue weighted by molar-refractivity contribution is -0.0474. The van der Waals surface area contributed by atoms with Crippen LogP contribution in [0.4, 0.5) is 0 Å². The summed E-state index contributed by atoms with van der Waals surface area (Å²) >= 11 is 0. The van der Waals surface area contributed by atoms with Crippen molar-refractivity contribution in [3.8, 4) is 11.5 Å². The summed E-state index contributed by atoms with van der Waals surface area (Å²) in [6.45, 7) is 5.47. The minimum Gasteiger partial charge on any atom is -0.493 e. The molecule has 0 saturated carbocycles. The first-order valence-corrected chi connectivity index (χ1v) is 9.42. The quantitative estimate of drug-likeness (QED) is 0.774. The van der Waals surface area contributed by atoms with E-state index in [1.54, 1.807) is 14.0 Å². The van der Waals surface area contributed by atoms with Crippen LogP contribution in [-0.2, 0) is 4.74 Å². The molecule has 2 saturated heterocycles. The monoisotopic (exact) mass is 364 g/mol. The third kappa shape index (κ3) is 3.69. The number of methoxy groups -OCH3 is 1. The summed E-state index contributed by atoms with van der Waals surface area (Å²) in [5.41, 5.74) is 0.269. The van der Waals surface area contributed by atoms with Gasteiger partial charge >= 0.3 is 0 Å². The Morgan fingerprint density at radius 3 is 2.85 bits per heavy atom. The van der Waals surface area contributed by atoms with Crippen molar-refractivity contribution in [2.45, 2.75) is 57.5 Å². The van der Waals surface area contributed by atoms with Gasteiger partial charge in [-0.15, -0.1) is 0 Å². The van der Waals surface area contributed by atoms with Gasteiger partial charge in [-0.1, -0.05) is 13.0 Å². The van der Waals surface area contributed by atoms with Gasteiger partial charge in [0.25, 0.3) is 0 Å². The fourth-order valence-electron chi connectivity index (χ4n) is 3.95. The molecule has 26 heavy (non-hydrogen) atoms. The van der Waals surface area contributed by atoms with E-state index >= 15 is 0 Å². The summed E-state index contributed by atoms with van der Waals surface area (Å²) in [6, 6.07) is 5.79. The van der Waals surface area contributed by atoms with Crippen LogP contribution < -0.4 is 14.8 Å². The Kier molecular flexibility index (Phi) is 6.07. The number of aliphatic hydroxyl groups excluding tert-OH is 2. The molecule has 6 heteroatoms. The van der Waals surface area contributed by atoms with Crippen molar-refractivity contribution in [1.82, 2.24) is 5.32 Å². The lowest BCUT2D eigenvalue weighted by Crippen LogP contribution is -2.42. The Balaban J connectivity index is 1.76. The van der Waals surface area contributed by atoms with E-state index in [0.29, 0.717) is 24.7 Å². The second kappa shape index (κ2) is 8.13. The van der Waals surface area contributed by atoms with E-state index in [2.05, 4.69) is 5.32 Å². The van der Waals surface area contributed by atoms with Gasteiger partial charge in [0.2, 0.25) is 0 Å². The molecule has 1 radical (unpaired) electrons. The lowest BCUT2D eigenvalue weighted by atomic mass is 9.71. The summed E-state index contributed by atoms with van der Waals surface area (Å²) in [4.78, 5) is 0. The van der Waals surface area contributed by atoms with Crippen molar-refractivity contribution >= 4 is 0 Å². The van der Waals surface area contributed by atoms with Gasteiger partial charge in [-0.3, -0.25) is 0 Å². The molecule has 2 fully saturated rings. The van der Waals surface area contributed by atoms with Gasteiger partial charge < -0.3 is 24.4 Å². The lowest BCUT2D eigenvalue weighted by Gasteiger charge is -2.36. The van der Waals surface area contributed by atoms with Gasteiger partial charge in [0, 0.05) is 30.9 Å². The molecule has 6 nitrogen and oxygen atoms in total. The van der Waals surface area contributed by atoms with Crippen molar-refractivity contribution in [2.24, 2.45) is 5.41 Å². The summed E-state index contributed by atoms with van der Waals surface area (Å²) < 4.78 is 17.1. The van der Waals surface area contributed by atoms with Gasteiger partial charge in [0.15, 0.2) is 11.5 Å². The fraction of sp³-hybridized carbons (Fsp3) is 0.700. The largest absolute Gasteiger partial charge is 0.493 e. The molecule has 5 atom stereocenters. The summed E-state index contributed by atoms with van der Waals surface area (Å²) in [5, 5.41) is 24.8. The van der Waals surface area contributed by atoms with Crippen LogP contribution in [0.1, 0.15) is 44.6 Å². The normalized spacial score (nSPS) is 32.6. The van der Waals surface area contributed by atoms with E-state index < -0.39 is 17.7 Å². The predicted octanol–water partition coefficient (Wildman–Crippen LogP) is 2.05. The van der Waals surface area contributed by atoms with E-state index in [4.69, 9.17) is 14.2 Å². The Hall–Kier alpha value is -1.34. The van der Waals surface area contributed by atoms with E-state index in [-0.39, 0.29) is 12.0 Å². The van der Waals surface area contributed by atoms with Gasteiger partial charge in [0.05, 0.1) is 25.9 Å². The van der Waals surface area contributed by atoms with Crippen molar-refractivity contribution in [1.29, 1.82) is 0 Å². The summed E-state index contributed by atoms with van der Waals surface area (Å²) in [5.74, 6) is 1.27. The maximum atomic E-state index is 10.3. The molecule has 3 rings (SSSR count). The number of rotatable bonds is 7. The molecular formula is C20H30NO5. The molecular weight excluding hydrogens is 334 g/mol. The number of nitrogens with zero attached hydrogens (tertiary/aromatic N) is 1. The molecule has 145 valence electrons. The molecule has 1 aromatic carbocycles. The number of benzene rings is 1. The van der Waals surface area contributed by atoms with Gasteiger partial charge in [-0.2, -0.15) is 0 Å². The average Bonchev–Trinajstić information content (AvgIpc) is 3.24. The van der Waals surface area contributed by atoms with Crippen molar-refractivity contribution in [3.63, 3.8) is 0 Å². The van der Waals surface area contributed by atoms with E-state index in [0.717, 1.165) is 31.4 Å². The third-order valence-electron chi connectivity index (χ3n) is 5.98. The van der Waals surface area contributed by atoms with E-state index in [1.807, 2.05) is 25.1 Å². The minimum atomic E-state index is -0.876. The van der Waals surface area contributed by atoms with Gasteiger partial charge in [-0.25, -0.2) is 5.32 Å². The first kappa shape index (κ1) is 19.4. The number of aliphatic hydroxyl groups is 2. The first-order chi connectivity index (χ1) is 12.5. The SMILES string of the molecule is COc1ccc([C@@H]2C[N]C(O)[C@]2(C)[C@@H](C)O)cc1OCCC1CCCO1. The Labute approximate surface area is 155 Å². The van der Waals surface area contributed by atoms with Gasteiger partial charge in [0.1, 0.15) is 6.23 Å². The number of hydrogen-bond donors (Lipinski definition) is 2. The second-order valence-corrected chi connectivity index (χ2v) is 7.52. The highest BCUT2D eigenvalue weighted by Gasteiger charge is 2.50. The summed E-state index contributed by atoms with van der Waals surface area (Å²) in [7, 11) is 1.62. The zero-order valence-corrected chi connectivity index (χ0v) is 15.9. The van der Waals surface area contributed by atoms with E-state index in [9.17, 15) is 10.2 Å². The molecule has 1 aromatic rings. The minimum absolute atomic E-state index is 0.0797. The molecule has 2 heterocycles. The molecule has 0 aromatic heterocycles. The Morgan fingerprint density at radius 1 is 1.38 bits per heavy atom. The molecule has 0 bridgehead atoms. The highest BCUT2D eigenvalue weighted by Crippen LogP contribution is 2.47. The smallest absolute Gasteiger partial charge is 0.161 e. The molecule has 2 unspecified atom stereocenters. The molecule has 2 N–H and O–H groups in total. The molecule has 2 aliphatic heterocycles. The van der Waals surface area contributed by atoms with Crippen LogP contribution in [-0.4, -0.2) is 55.5 Å². The second-order valence-electron chi connectivity index (χ2n) is 7.52. The molecule has 0 spiro atoms. The van der Waals surface area contributed by atoms with Crippen LogP contribution >= 0.6 is 0 Å². The standard InChI is InChI=1S/C20H30NO5/c1-13(22)20(2)16(12-21-19(20)23)14-6-7-17(24-3)18(11-14)26-10-8-15-5-4-9-25-15/h6-7,11,13,15-16,19,22-23H,4-5,8-10,12H2,1-3H3/t13-,15?,16+,19?,20-/m1/s1. The van der Waals surface area contributed by atoms with Gasteiger partial charge in [-0.05, 0) is 37.5 Å². The summed E-state index contributed by atoms with van der Waals surface area (Å²) in [6.07, 6.45) is 1.80. The average molecular weight is 364 g/mol. The highest BCUT2D eigenvalue weighted by atomic mass is 16.5. The molecule has 0 amide bonds. The van der Waals surface area contributed by atoms with Crippen molar-refractivity contribution in [2.75, 3.05) is 26.9 Å². The molecule has 2 aliphatic rings. The van der Waals surface area contributed by atoms with Crippen molar-refractivity contribution in [3.05, 3.63) is 23.8 Å². The first-order valence-electron chi connectivity index (χ1n) is 9.42. The zero-order chi connectivity index (χ0) is 18.7. The molecule has 0 aliphatic carbocycles. The van der Waals surface area contributed by atoms with Crippen LogP contribution in [0, 0.1) is 5.41 Å². The highest BCUT2D eigenvalue weighted by molar-refractivity contribution is 5.45. The van der Waals surface area contributed by atoms with Crippen LogP contribution in [0.25, 0.3) is 0 Å². The number of ether oxygens (including phenoxy) is 3. The maximum Gasteiger partial charge on any atom is 0.161 e. The van der Waals surface area contributed by atoms with Crippen LogP contribution in [0.3, 0.4) is 0 Å². The van der Waals surface area contributed by atoms with Crippen LogP contribution in [0.15, 0.2) is 18.2 Å². The van der Waals surface area contributed by atoms with Crippen molar-refractivity contribution < 1.29 is 24.4 Å². The Morgan fingerprint density at radius 2 is 2.19 bits per heavy atom. The fourth-order valence-corrected chi connectivity index (χ4v) is 3.95. The third-order valence-corrected chi connectivity index (χ3v) is 5.98. The maximum absolute atomic E-state index is 10.3. The number of hydrogen-bond acceptors (Lipinski definition) is 5. The Bertz CT molecular complexity index is 602. The van der Waals surface area contributed by atoms with E-state index in [1.165, 1.54) is 0 Å². The topological polar surface area (TPSA) is 82.3 Å². The van der Waals surface area contributed by atoms with Crippen LogP contribution in [0.5, 0.6) is 11.5 Å². The zero-order valence-electron chi connectivity index (χ0n) is 15.9. The van der Waals surface area contributed by atoms with Crippen LogP contribution in [0.2, 0.25) is 0 Å². The predicted molar refractivity (Wildman–Crippen MR) is 97.6 cm³/mol.